The van der Waals surface area contributed by atoms with Gasteiger partial charge in [-0.3, -0.25) is 9.59 Å². The second-order valence-corrected chi connectivity index (χ2v) is 3.62. The second kappa shape index (κ2) is 5.42. The number of nitrogens with two attached hydrogens (primary N) is 2. The SMILES string of the molecule is NC(=O)c1ccc(C(N)=O)c(CCC(O)O)c1. The van der Waals surface area contributed by atoms with E-state index in [0.29, 0.717) is 5.56 Å². The first-order chi connectivity index (χ1) is 7.91. The average Bonchev–Trinajstić information content (AvgIpc) is 2.25. The van der Waals surface area contributed by atoms with Crippen molar-refractivity contribution in [2.45, 2.75) is 19.1 Å². The zero-order valence-electron chi connectivity index (χ0n) is 9.09. The number of carbonyl (C=O) groups is 2. The van der Waals surface area contributed by atoms with Gasteiger partial charge in [-0.05, 0) is 30.2 Å². The van der Waals surface area contributed by atoms with Gasteiger partial charge in [0.05, 0.1) is 0 Å². The van der Waals surface area contributed by atoms with Crippen molar-refractivity contribution in [1.82, 2.24) is 0 Å². The van der Waals surface area contributed by atoms with Gasteiger partial charge in [-0.1, -0.05) is 0 Å². The van der Waals surface area contributed by atoms with Crippen molar-refractivity contribution in [3.05, 3.63) is 34.9 Å². The Morgan fingerprint density at radius 3 is 2.29 bits per heavy atom. The molecule has 0 bridgehead atoms. The lowest BCUT2D eigenvalue weighted by molar-refractivity contribution is -0.0447. The third-order valence-corrected chi connectivity index (χ3v) is 2.33. The zero-order chi connectivity index (χ0) is 13.0. The molecular weight excluding hydrogens is 224 g/mol. The number of rotatable bonds is 5. The van der Waals surface area contributed by atoms with Crippen LogP contribution >= 0.6 is 0 Å². The summed E-state index contributed by atoms with van der Waals surface area (Å²) in [5.41, 5.74) is 11.2. The number of aryl methyl sites for hydroxylation is 1. The van der Waals surface area contributed by atoms with Gasteiger partial charge in [0.2, 0.25) is 11.8 Å². The van der Waals surface area contributed by atoms with Gasteiger partial charge in [0.25, 0.3) is 0 Å². The Hall–Kier alpha value is -1.92. The minimum absolute atomic E-state index is 0.0441. The predicted octanol–water partition coefficient (Wildman–Crippen LogP) is -0.872. The highest BCUT2D eigenvalue weighted by Crippen LogP contribution is 2.14. The zero-order valence-corrected chi connectivity index (χ0v) is 9.09. The standard InChI is InChI=1S/C11H14N2O4/c12-10(16)7-1-3-8(11(13)17)6(5-7)2-4-9(14)15/h1,3,5,9,14-15H,2,4H2,(H2,12,16)(H2,13,17). The molecule has 0 atom stereocenters. The summed E-state index contributed by atoms with van der Waals surface area (Å²) >= 11 is 0. The molecular formula is C11H14N2O4. The summed E-state index contributed by atoms with van der Waals surface area (Å²) in [5, 5.41) is 17.5. The van der Waals surface area contributed by atoms with Crippen LogP contribution < -0.4 is 11.5 Å². The Bertz CT molecular complexity index is 443. The van der Waals surface area contributed by atoms with Crippen LogP contribution in [0, 0.1) is 0 Å². The van der Waals surface area contributed by atoms with Gasteiger partial charge in [-0.25, -0.2) is 0 Å². The highest BCUT2D eigenvalue weighted by Gasteiger charge is 2.12. The Labute approximate surface area is 97.8 Å². The summed E-state index contributed by atoms with van der Waals surface area (Å²) in [6.45, 7) is 0. The number of amides is 2. The van der Waals surface area contributed by atoms with E-state index in [1.165, 1.54) is 18.2 Å². The Morgan fingerprint density at radius 1 is 1.18 bits per heavy atom. The Kier molecular flexibility index (Phi) is 4.19. The highest BCUT2D eigenvalue weighted by atomic mass is 16.5. The van der Waals surface area contributed by atoms with E-state index in [2.05, 4.69) is 0 Å². The highest BCUT2D eigenvalue weighted by molar-refractivity contribution is 5.97. The van der Waals surface area contributed by atoms with Crippen molar-refractivity contribution >= 4 is 11.8 Å². The van der Waals surface area contributed by atoms with Gasteiger partial charge < -0.3 is 21.7 Å². The fraction of sp³-hybridized carbons (Fsp3) is 0.273. The van der Waals surface area contributed by atoms with Gasteiger partial charge in [0.15, 0.2) is 6.29 Å². The molecule has 0 unspecified atom stereocenters. The van der Waals surface area contributed by atoms with Crippen molar-refractivity contribution in [2.75, 3.05) is 0 Å². The molecule has 0 saturated carbocycles. The molecule has 0 aliphatic rings. The molecule has 0 aromatic heterocycles. The fourth-order valence-corrected chi connectivity index (χ4v) is 1.48. The third kappa shape index (κ3) is 3.54. The summed E-state index contributed by atoms with van der Waals surface area (Å²) in [5.74, 6) is -1.25. The number of primary amides is 2. The maximum Gasteiger partial charge on any atom is 0.248 e. The number of hydrogen-bond acceptors (Lipinski definition) is 4. The minimum atomic E-state index is -1.48. The maximum atomic E-state index is 11.1. The topological polar surface area (TPSA) is 127 Å². The lowest BCUT2D eigenvalue weighted by atomic mass is 9.99. The molecule has 0 saturated heterocycles. The van der Waals surface area contributed by atoms with Crippen LogP contribution in [-0.2, 0) is 6.42 Å². The first-order valence-corrected chi connectivity index (χ1v) is 5.00. The maximum absolute atomic E-state index is 11.1. The summed E-state index contributed by atoms with van der Waals surface area (Å²) in [6.07, 6.45) is -1.22. The smallest absolute Gasteiger partial charge is 0.248 e. The number of hydrogen-bond donors (Lipinski definition) is 4. The van der Waals surface area contributed by atoms with Crippen molar-refractivity contribution in [1.29, 1.82) is 0 Å². The number of benzene rings is 1. The van der Waals surface area contributed by atoms with E-state index in [-0.39, 0.29) is 24.0 Å². The third-order valence-electron chi connectivity index (χ3n) is 2.33. The van der Waals surface area contributed by atoms with Gasteiger partial charge in [-0.15, -0.1) is 0 Å². The molecule has 0 aliphatic carbocycles. The van der Waals surface area contributed by atoms with Crippen molar-refractivity contribution in [3.63, 3.8) is 0 Å². The summed E-state index contributed by atoms with van der Waals surface area (Å²) < 4.78 is 0. The molecule has 1 rings (SSSR count). The van der Waals surface area contributed by atoms with Crippen LogP contribution in [0.3, 0.4) is 0 Å². The van der Waals surface area contributed by atoms with E-state index in [9.17, 15) is 9.59 Å². The van der Waals surface area contributed by atoms with Gasteiger partial charge in [-0.2, -0.15) is 0 Å². The predicted molar refractivity (Wildman–Crippen MR) is 60.0 cm³/mol. The molecule has 6 N–H and O–H groups in total. The van der Waals surface area contributed by atoms with E-state index < -0.39 is 18.1 Å². The Balaban J connectivity index is 3.07. The lowest BCUT2D eigenvalue weighted by Gasteiger charge is -2.09. The molecule has 92 valence electrons. The van der Waals surface area contributed by atoms with Crippen LogP contribution in [0.5, 0.6) is 0 Å². The normalized spacial score (nSPS) is 10.5. The molecule has 0 heterocycles. The van der Waals surface area contributed by atoms with E-state index in [0.717, 1.165) is 0 Å². The van der Waals surface area contributed by atoms with E-state index >= 15 is 0 Å². The number of aliphatic hydroxyl groups excluding tert-OH is 1. The largest absolute Gasteiger partial charge is 0.368 e. The monoisotopic (exact) mass is 238 g/mol. The van der Waals surface area contributed by atoms with E-state index in [1.54, 1.807) is 0 Å². The first kappa shape index (κ1) is 13.1. The van der Waals surface area contributed by atoms with Crippen molar-refractivity contribution in [2.24, 2.45) is 11.5 Å². The number of aliphatic hydroxyl groups is 2. The molecule has 0 spiro atoms. The minimum Gasteiger partial charge on any atom is -0.368 e. The molecule has 17 heavy (non-hydrogen) atoms. The van der Waals surface area contributed by atoms with E-state index in [1.807, 2.05) is 0 Å². The summed E-state index contributed by atoms with van der Waals surface area (Å²) in [6, 6.07) is 4.24. The van der Waals surface area contributed by atoms with Gasteiger partial charge in [0, 0.05) is 17.5 Å². The molecule has 0 aliphatic heterocycles. The summed E-state index contributed by atoms with van der Waals surface area (Å²) in [4.78, 5) is 22.1. The Morgan fingerprint density at radius 2 is 1.82 bits per heavy atom. The van der Waals surface area contributed by atoms with E-state index in [4.69, 9.17) is 21.7 Å². The molecule has 1 aromatic rings. The van der Waals surface area contributed by atoms with Crippen LogP contribution in [0.4, 0.5) is 0 Å². The quantitative estimate of drug-likeness (QED) is 0.497. The van der Waals surface area contributed by atoms with Gasteiger partial charge >= 0.3 is 0 Å². The molecule has 6 heteroatoms. The number of carbonyl (C=O) groups excluding carboxylic acids is 2. The fourth-order valence-electron chi connectivity index (χ4n) is 1.48. The molecule has 2 amide bonds. The second-order valence-electron chi connectivity index (χ2n) is 3.62. The van der Waals surface area contributed by atoms with Crippen LogP contribution in [0.15, 0.2) is 18.2 Å². The van der Waals surface area contributed by atoms with Crippen molar-refractivity contribution < 1.29 is 19.8 Å². The molecule has 6 nitrogen and oxygen atoms in total. The van der Waals surface area contributed by atoms with Gasteiger partial charge in [0.1, 0.15) is 0 Å². The average molecular weight is 238 g/mol. The molecule has 0 radical (unpaired) electrons. The van der Waals surface area contributed by atoms with Crippen molar-refractivity contribution in [3.8, 4) is 0 Å². The van der Waals surface area contributed by atoms with Crippen LogP contribution in [-0.4, -0.2) is 28.3 Å². The lowest BCUT2D eigenvalue weighted by Crippen LogP contribution is -2.17. The van der Waals surface area contributed by atoms with Crippen LogP contribution in [0.1, 0.15) is 32.7 Å². The van der Waals surface area contributed by atoms with Crippen LogP contribution in [0.25, 0.3) is 0 Å². The first-order valence-electron chi connectivity index (χ1n) is 5.00. The summed E-state index contributed by atoms with van der Waals surface area (Å²) in [7, 11) is 0. The van der Waals surface area contributed by atoms with Crippen LogP contribution in [0.2, 0.25) is 0 Å². The molecule has 0 fully saturated rings. The molecule has 1 aromatic carbocycles.